The van der Waals surface area contributed by atoms with E-state index in [1.807, 2.05) is 13.2 Å². The lowest BCUT2D eigenvalue weighted by Gasteiger charge is -2.23. The first-order valence-corrected chi connectivity index (χ1v) is 5.73. The van der Waals surface area contributed by atoms with Gasteiger partial charge in [-0.05, 0) is 33.9 Å². The molecule has 0 fully saturated rings. The minimum absolute atomic E-state index is 0.120. The lowest BCUT2D eigenvalue weighted by molar-refractivity contribution is 0.504. The molecule has 90 valence electrons. The number of tetrazole rings is 1. The predicted molar refractivity (Wildman–Crippen MR) is 65.3 cm³/mol. The van der Waals surface area contributed by atoms with E-state index in [0.717, 1.165) is 17.8 Å². The van der Waals surface area contributed by atoms with Gasteiger partial charge in [0.25, 0.3) is 0 Å². The van der Waals surface area contributed by atoms with E-state index >= 15 is 0 Å². The zero-order chi connectivity index (χ0) is 12.5. The zero-order valence-corrected chi connectivity index (χ0v) is 10.7. The Bertz CT molecular complexity index is 515. The van der Waals surface area contributed by atoms with Crippen molar-refractivity contribution in [2.24, 2.45) is 7.05 Å². The van der Waals surface area contributed by atoms with Crippen LogP contribution in [-0.2, 0) is 12.5 Å². The average Bonchev–Trinajstić information content (AvgIpc) is 2.76. The topological polar surface area (TPSA) is 56.5 Å². The molecule has 0 radical (unpaired) electrons. The molecule has 0 aromatic carbocycles. The molecular weight excluding hydrogens is 214 g/mol. The van der Waals surface area contributed by atoms with Gasteiger partial charge in [0.2, 0.25) is 0 Å². The zero-order valence-electron chi connectivity index (χ0n) is 10.7. The van der Waals surface area contributed by atoms with E-state index in [0.29, 0.717) is 0 Å². The Morgan fingerprint density at radius 1 is 1.29 bits per heavy atom. The molecule has 0 amide bonds. The van der Waals surface area contributed by atoms with Crippen LogP contribution in [0.25, 0.3) is 11.4 Å². The second kappa shape index (κ2) is 4.24. The SMILES string of the molecule is CCC(C)(C)c1cncc(-c2nnnn2C)c1. The molecule has 0 aliphatic rings. The second-order valence-electron chi connectivity index (χ2n) is 4.83. The molecule has 0 aliphatic heterocycles. The van der Waals surface area contributed by atoms with Crippen molar-refractivity contribution in [1.29, 1.82) is 0 Å². The lowest BCUT2D eigenvalue weighted by atomic mass is 9.83. The van der Waals surface area contributed by atoms with Crippen LogP contribution in [0.2, 0.25) is 0 Å². The van der Waals surface area contributed by atoms with E-state index in [1.165, 1.54) is 5.56 Å². The van der Waals surface area contributed by atoms with Crippen molar-refractivity contribution in [3.63, 3.8) is 0 Å². The molecule has 0 spiro atoms. The van der Waals surface area contributed by atoms with Crippen LogP contribution in [0.5, 0.6) is 0 Å². The van der Waals surface area contributed by atoms with Gasteiger partial charge in [0.15, 0.2) is 5.82 Å². The van der Waals surface area contributed by atoms with Crippen molar-refractivity contribution in [3.8, 4) is 11.4 Å². The van der Waals surface area contributed by atoms with E-state index in [4.69, 9.17) is 0 Å². The van der Waals surface area contributed by atoms with Crippen LogP contribution >= 0.6 is 0 Å². The maximum atomic E-state index is 4.29. The number of nitrogens with zero attached hydrogens (tertiary/aromatic N) is 5. The quantitative estimate of drug-likeness (QED) is 0.810. The predicted octanol–water partition coefficient (Wildman–Crippen LogP) is 1.96. The third-order valence-corrected chi connectivity index (χ3v) is 3.28. The molecule has 0 N–H and O–H groups in total. The highest BCUT2D eigenvalue weighted by atomic mass is 15.5. The summed E-state index contributed by atoms with van der Waals surface area (Å²) >= 11 is 0. The van der Waals surface area contributed by atoms with Gasteiger partial charge in [-0.25, -0.2) is 4.68 Å². The maximum Gasteiger partial charge on any atom is 0.183 e. The van der Waals surface area contributed by atoms with E-state index in [2.05, 4.69) is 47.3 Å². The summed E-state index contributed by atoms with van der Waals surface area (Å²) in [7, 11) is 1.83. The normalized spacial score (nSPS) is 11.8. The maximum absolute atomic E-state index is 4.29. The Labute approximate surface area is 101 Å². The summed E-state index contributed by atoms with van der Waals surface area (Å²) in [6.07, 6.45) is 4.77. The molecule has 5 heteroatoms. The third-order valence-electron chi connectivity index (χ3n) is 3.28. The van der Waals surface area contributed by atoms with Gasteiger partial charge in [-0.15, -0.1) is 5.10 Å². The van der Waals surface area contributed by atoms with E-state index in [9.17, 15) is 0 Å². The van der Waals surface area contributed by atoms with Crippen LogP contribution in [0, 0.1) is 0 Å². The highest BCUT2D eigenvalue weighted by molar-refractivity contribution is 5.54. The van der Waals surface area contributed by atoms with E-state index < -0.39 is 0 Å². The summed E-state index contributed by atoms with van der Waals surface area (Å²) in [5.74, 6) is 0.742. The fourth-order valence-corrected chi connectivity index (χ4v) is 1.61. The first-order valence-electron chi connectivity index (χ1n) is 5.73. The van der Waals surface area contributed by atoms with E-state index in [-0.39, 0.29) is 5.41 Å². The van der Waals surface area contributed by atoms with Crippen molar-refractivity contribution in [1.82, 2.24) is 25.2 Å². The van der Waals surface area contributed by atoms with Gasteiger partial charge < -0.3 is 0 Å². The smallest absolute Gasteiger partial charge is 0.183 e. The molecule has 0 bridgehead atoms. The van der Waals surface area contributed by atoms with Crippen LogP contribution in [-0.4, -0.2) is 25.2 Å². The minimum Gasteiger partial charge on any atom is -0.264 e. The van der Waals surface area contributed by atoms with Gasteiger partial charge in [-0.3, -0.25) is 4.98 Å². The standard InChI is InChI=1S/C12H17N5/c1-5-12(2,3)10-6-9(7-13-8-10)11-14-15-16-17(11)4/h6-8H,5H2,1-4H3. The van der Waals surface area contributed by atoms with Crippen LogP contribution in [0.15, 0.2) is 18.5 Å². The first-order chi connectivity index (χ1) is 8.04. The fourth-order valence-electron chi connectivity index (χ4n) is 1.61. The molecule has 0 saturated carbocycles. The largest absolute Gasteiger partial charge is 0.264 e. The van der Waals surface area contributed by atoms with Crippen molar-refractivity contribution in [2.45, 2.75) is 32.6 Å². The molecule has 0 atom stereocenters. The Kier molecular flexibility index (Phi) is 2.92. The molecule has 17 heavy (non-hydrogen) atoms. The Hall–Kier alpha value is -1.78. The van der Waals surface area contributed by atoms with Crippen molar-refractivity contribution < 1.29 is 0 Å². The summed E-state index contributed by atoms with van der Waals surface area (Å²) < 4.78 is 1.65. The molecule has 2 rings (SSSR count). The Balaban J connectivity index is 2.46. The van der Waals surface area contributed by atoms with Crippen LogP contribution in [0.1, 0.15) is 32.8 Å². The summed E-state index contributed by atoms with van der Waals surface area (Å²) in [6, 6.07) is 2.11. The molecule has 5 nitrogen and oxygen atoms in total. The highest BCUT2D eigenvalue weighted by Gasteiger charge is 2.19. The van der Waals surface area contributed by atoms with Gasteiger partial charge in [0, 0.05) is 25.0 Å². The summed E-state index contributed by atoms with van der Waals surface area (Å²) in [5, 5.41) is 11.5. The molecule has 2 aromatic heterocycles. The number of aryl methyl sites for hydroxylation is 1. The number of rotatable bonds is 3. The monoisotopic (exact) mass is 231 g/mol. The van der Waals surface area contributed by atoms with E-state index in [1.54, 1.807) is 10.9 Å². The van der Waals surface area contributed by atoms with Crippen molar-refractivity contribution in [2.75, 3.05) is 0 Å². The molecule has 0 unspecified atom stereocenters. The number of hydrogen-bond donors (Lipinski definition) is 0. The summed E-state index contributed by atoms with van der Waals surface area (Å²) in [4.78, 5) is 4.29. The second-order valence-corrected chi connectivity index (χ2v) is 4.83. The van der Waals surface area contributed by atoms with Gasteiger partial charge in [0.1, 0.15) is 0 Å². The molecule has 0 saturated heterocycles. The molecule has 2 aromatic rings. The Morgan fingerprint density at radius 3 is 2.65 bits per heavy atom. The molecule has 0 aliphatic carbocycles. The lowest BCUT2D eigenvalue weighted by Crippen LogP contribution is -2.15. The van der Waals surface area contributed by atoms with Crippen LogP contribution in [0.3, 0.4) is 0 Å². The van der Waals surface area contributed by atoms with Crippen molar-refractivity contribution >= 4 is 0 Å². The van der Waals surface area contributed by atoms with Crippen LogP contribution in [0.4, 0.5) is 0 Å². The molecular formula is C12H17N5. The average molecular weight is 231 g/mol. The summed E-state index contributed by atoms with van der Waals surface area (Å²) in [5.41, 5.74) is 2.28. The number of hydrogen-bond acceptors (Lipinski definition) is 4. The highest BCUT2D eigenvalue weighted by Crippen LogP contribution is 2.28. The van der Waals surface area contributed by atoms with Gasteiger partial charge in [0.05, 0.1) is 0 Å². The Morgan fingerprint density at radius 2 is 2.06 bits per heavy atom. The third kappa shape index (κ3) is 2.18. The van der Waals surface area contributed by atoms with Crippen LogP contribution < -0.4 is 0 Å². The molecule has 2 heterocycles. The first kappa shape index (κ1) is 11.7. The van der Waals surface area contributed by atoms with Gasteiger partial charge in [-0.1, -0.05) is 20.8 Å². The minimum atomic E-state index is 0.120. The number of aromatic nitrogens is 5. The van der Waals surface area contributed by atoms with Gasteiger partial charge in [-0.2, -0.15) is 0 Å². The number of pyridine rings is 1. The van der Waals surface area contributed by atoms with Gasteiger partial charge >= 0.3 is 0 Å². The summed E-state index contributed by atoms with van der Waals surface area (Å²) in [6.45, 7) is 6.60. The fraction of sp³-hybridized carbons (Fsp3) is 0.500. The van der Waals surface area contributed by atoms with Crippen molar-refractivity contribution in [3.05, 3.63) is 24.0 Å².